The van der Waals surface area contributed by atoms with Crippen molar-refractivity contribution in [2.45, 2.75) is 44.5 Å². The lowest BCUT2D eigenvalue weighted by molar-refractivity contribution is -0.137. The molecule has 1 heterocycles. The number of ether oxygens (including phenoxy) is 2. The fourth-order valence-corrected chi connectivity index (χ4v) is 1.94. The fraction of sp³-hybridized carbons (Fsp3) is 1.00. The summed E-state index contributed by atoms with van der Waals surface area (Å²) in [5.41, 5.74) is 0. The molecule has 1 rings (SSSR count). The van der Waals surface area contributed by atoms with Crippen molar-refractivity contribution in [2.24, 2.45) is 0 Å². The van der Waals surface area contributed by atoms with Crippen LogP contribution in [0.5, 0.6) is 0 Å². The van der Waals surface area contributed by atoms with Gasteiger partial charge in [0.1, 0.15) is 0 Å². The molecule has 2 atom stereocenters. The monoisotopic (exact) mass is 255 g/mol. The van der Waals surface area contributed by atoms with Crippen molar-refractivity contribution in [1.29, 1.82) is 0 Å². The number of nitrogens with one attached hydrogen (secondary N) is 1. The van der Waals surface area contributed by atoms with E-state index in [0.717, 1.165) is 6.54 Å². The first kappa shape index (κ1) is 14.7. The van der Waals surface area contributed by atoms with Crippen molar-refractivity contribution < 1.29 is 22.6 Å². The van der Waals surface area contributed by atoms with Crippen molar-refractivity contribution >= 4 is 0 Å². The van der Waals surface area contributed by atoms with Crippen LogP contribution in [0.25, 0.3) is 0 Å². The average molecular weight is 255 g/mol. The lowest BCUT2D eigenvalue weighted by Gasteiger charge is -2.31. The van der Waals surface area contributed by atoms with E-state index in [1.807, 2.05) is 6.92 Å². The smallest absolute Gasteiger partial charge is 0.376 e. The third-order valence-electron chi connectivity index (χ3n) is 2.73. The summed E-state index contributed by atoms with van der Waals surface area (Å²) in [5.74, 6) is 0. The predicted molar refractivity (Wildman–Crippen MR) is 57.9 cm³/mol. The second-order valence-corrected chi connectivity index (χ2v) is 4.16. The molecule has 0 aliphatic carbocycles. The van der Waals surface area contributed by atoms with Gasteiger partial charge in [0, 0.05) is 12.5 Å². The van der Waals surface area contributed by atoms with E-state index in [1.54, 1.807) is 0 Å². The van der Waals surface area contributed by atoms with Gasteiger partial charge in [0.2, 0.25) is 0 Å². The molecule has 0 aromatic rings. The van der Waals surface area contributed by atoms with Crippen LogP contribution in [0.15, 0.2) is 0 Å². The predicted octanol–water partition coefficient (Wildman–Crippen LogP) is 2.11. The Hall–Kier alpha value is -0.330. The van der Waals surface area contributed by atoms with E-state index in [0.29, 0.717) is 26.2 Å². The van der Waals surface area contributed by atoms with E-state index in [1.165, 1.54) is 0 Å². The molecule has 3 nitrogen and oxygen atoms in total. The Balaban J connectivity index is 2.31. The highest BCUT2D eigenvalue weighted by molar-refractivity contribution is 4.78. The quantitative estimate of drug-likeness (QED) is 0.788. The lowest BCUT2D eigenvalue weighted by Crippen LogP contribution is -2.46. The van der Waals surface area contributed by atoms with Gasteiger partial charge in [-0.05, 0) is 19.4 Å². The molecule has 2 unspecified atom stereocenters. The van der Waals surface area contributed by atoms with E-state index >= 15 is 0 Å². The summed E-state index contributed by atoms with van der Waals surface area (Å²) in [6.07, 6.45) is -4.34. The summed E-state index contributed by atoms with van der Waals surface area (Å²) in [6, 6.07) is -0.0531. The molecule has 102 valence electrons. The maximum absolute atomic E-state index is 12.1. The highest BCUT2D eigenvalue weighted by Crippen LogP contribution is 2.23. The number of hydrogen-bond donors (Lipinski definition) is 1. The highest BCUT2D eigenvalue weighted by atomic mass is 19.4. The highest BCUT2D eigenvalue weighted by Gasteiger charge is 2.29. The number of halogens is 3. The summed E-state index contributed by atoms with van der Waals surface area (Å²) >= 11 is 0. The minimum atomic E-state index is -4.07. The molecule has 6 heteroatoms. The van der Waals surface area contributed by atoms with Gasteiger partial charge < -0.3 is 14.8 Å². The molecule has 1 aliphatic rings. The molecule has 0 bridgehead atoms. The van der Waals surface area contributed by atoms with Crippen LogP contribution < -0.4 is 5.32 Å². The van der Waals surface area contributed by atoms with Crippen LogP contribution in [0.4, 0.5) is 13.2 Å². The van der Waals surface area contributed by atoms with Gasteiger partial charge in [0.15, 0.2) is 0 Å². The Morgan fingerprint density at radius 1 is 1.35 bits per heavy atom. The zero-order chi connectivity index (χ0) is 12.7. The molecular formula is C11H20F3NO2. The van der Waals surface area contributed by atoms with E-state index in [2.05, 4.69) is 5.32 Å². The van der Waals surface area contributed by atoms with Crippen LogP contribution in [0.1, 0.15) is 26.2 Å². The van der Waals surface area contributed by atoms with Gasteiger partial charge in [-0.25, -0.2) is 0 Å². The molecule has 17 heavy (non-hydrogen) atoms. The average Bonchev–Trinajstić information content (AvgIpc) is 2.27. The van der Waals surface area contributed by atoms with Crippen molar-refractivity contribution in [3.05, 3.63) is 0 Å². The molecule has 1 fully saturated rings. The van der Waals surface area contributed by atoms with Gasteiger partial charge >= 0.3 is 6.18 Å². The van der Waals surface area contributed by atoms with Gasteiger partial charge in [-0.15, -0.1) is 0 Å². The molecule has 0 aromatic carbocycles. The van der Waals surface area contributed by atoms with Gasteiger partial charge in [-0.1, -0.05) is 6.92 Å². The van der Waals surface area contributed by atoms with Crippen LogP contribution in [0.3, 0.4) is 0 Å². The molecule has 0 radical (unpaired) electrons. The summed E-state index contributed by atoms with van der Waals surface area (Å²) < 4.78 is 46.9. The van der Waals surface area contributed by atoms with E-state index < -0.39 is 12.6 Å². The van der Waals surface area contributed by atoms with Gasteiger partial charge in [0.25, 0.3) is 0 Å². The third-order valence-corrected chi connectivity index (χ3v) is 2.73. The van der Waals surface area contributed by atoms with Gasteiger partial charge in [0.05, 0.1) is 25.9 Å². The minimum Gasteiger partial charge on any atom is -0.376 e. The first-order valence-electron chi connectivity index (χ1n) is 6.02. The fourth-order valence-electron chi connectivity index (χ4n) is 1.94. The number of rotatable bonds is 6. The van der Waals surface area contributed by atoms with E-state index in [4.69, 9.17) is 9.47 Å². The zero-order valence-corrected chi connectivity index (χ0v) is 10.1. The van der Waals surface area contributed by atoms with Crippen LogP contribution in [-0.4, -0.2) is 44.7 Å². The maximum Gasteiger partial charge on any atom is 0.389 e. The second-order valence-electron chi connectivity index (χ2n) is 4.16. The van der Waals surface area contributed by atoms with Crippen molar-refractivity contribution in [1.82, 2.24) is 5.32 Å². The Labute approximate surface area is 99.7 Å². The number of hydrogen-bond acceptors (Lipinski definition) is 3. The van der Waals surface area contributed by atoms with Crippen LogP contribution in [-0.2, 0) is 9.47 Å². The van der Waals surface area contributed by atoms with Gasteiger partial charge in [-0.2, -0.15) is 13.2 Å². The lowest BCUT2D eigenvalue weighted by atomic mass is 10.0. The van der Waals surface area contributed by atoms with E-state index in [9.17, 15) is 13.2 Å². The molecule has 0 aromatic heterocycles. The van der Waals surface area contributed by atoms with Crippen molar-refractivity contribution in [2.75, 3.05) is 26.4 Å². The Kier molecular flexibility index (Phi) is 6.22. The summed E-state index contributed by atoms with van der Waals surface area (Å²) in [4.78, 5) is 0. The maximum atomic E-state index is 12.1. The zero-order valence-electron chi connectivity index (χ0n) is 10.1. The minimum absolute atomic E-state index is 0.0531. The van der Waals surface area contributed by atoms with Crippen LogP contribution >= 0.6 is 0 Å². The Morgan fingerprint density at radius 2 is 2.12 bits per heavy atom. The number of alkyl halides is 3. The van der Waals surface area contributed by atoms with Crippen LogP contribution in [0.2, 0.25) is 0 Å². The first-order chi connectivity index (χ1) is 8.03. The largest absolute Gasteiger partial charge is 0.389 e. The van der Waals surface area contributed by atoms with Crippen LogP contribution in [0, 0.1) is 0 Å². The molecule has 0 spiro atoms. The molecule has 1 N–H and O–H groups in total. The first-order valence-corrected chi connectivity index (χ1v) is 6.02. The SMILES string of the molecule is CCNC(CCCC(F)(F)F)C1COCCO1. The normalized spacial score (nSPS) is 23.6. The van der Waals surface area contributed by atoms with Crippen molar-refractivity contribution in [3.63, 3.8) is 0 Å². The summed E-state index contributed by atoms with van der Waals surface area (Å²) in [5, 5.41) is 3.17. The molecular weight excluding hydrogens is 235 g/mol. The summed E-state index contributed by atoms with van der Waals surface area (Å²) in [7, 11) is 0. The second kappa shape index (κ2) is 7.18. The standard InChI is InChI=1S/C11H20F3NO2/c1-2-15-9(4-3-5-11(12,13)14)10-8-16-6-7-17-10/h9-10,15H,2-8H2,1H3. The topological polar surface area (TPSA) is 30.5 Å². The van der Waals surface area contributed by atoms with E-state index in [-0.39, 0.29) is 18.6 Å². The summed E-state index contributed by atoms with van der Waals surface area (Å²) in [6.45, 7) is 4.20. The molecule has 1 saturated heterocycles. The molecule has 1 aliphatic heterocycles. The third kappa shape index (κ3) is 6.24. The van der Waals surface area contributed by atoms with Crippen molar-refractivity contribution in [3.8, 4) is 0 Å². The molecule has 0 saturated carbocycles. The number of likely N-dealkylation sites (N-methyl/N-ethyl adjacent to an activating group) is 1. The molecule has 0 amide bonds. The Bertz CT molecular complexity index is 205. The van der Waals surface area contributed by atoms with Gasteiger partial charge in [-0.3, -0.25) is 0 Å². The Morgan fingerprint density at radius 3 is 2.65 bits per heavy atom.